The molecule has 0 bridgehead atoms. The van der Waals surface area contributed by atoms with Crippen LogP contribution in [-0.4, -0.2) is 10.1 Å². The van der Waals surface area contributed by atoms with E-state index >= 15 is 0 Å². The van der Waals surface area contributed by atoms with Gasteiger partial charge in [-0.25, -0.2) is 4.39 Å². The van der Waals surface area contributed by atoms with E-state index < -0.39 is 5.60 Å². The Bertz CT molecular complexity index is 778. The van der Waals surface area contributed by atoms with Crippen molar-refractivity contribution in [2.24, 2.45) is 0 Å². The maximum Gasteiger partial charge on any atom is 0.123 e. The smallest absolute Gasteiger partial charge is 0.123 e. The van der Waals surface area contributed by atoms with Crippen LogP contribution in [0.25, 0.3) is 10.9 Å². The van der Waals surface area contributed by atoms with Gasteiger partial charge in [-0.3, -0.25) is 4.98 Å². The molecule has 0 saturated carbocycles. The summed E-state index contributed by atoms with van der Waals surface area (Å²) in [7, 11) is 0. The number of hydrogen-bond acceptors (Lipinski definition) is 2. The second-order valence-electron chi connectivity index (χ2n) is 5.46. The Hall–Kier alpha value is -2.26. The van der Waals surface area contributed by atoms with Gasteiger partial charge in [0, 0.05) is 18.0 Å². The van der Waals surface area contributed by atoms with E-state index in [1.54, 1.807) is 19.2 Å². The van der Waals surface area contributed by atoms with Crippen molar-refractivity contribution in [3.05, 3.63) is 77.7 Å². The molecular weight excluding hydrogens is 265 g/mol. The molecule has 0 aliphatic rings. The summed E-state index contributed by atoms with van der Waals surface area (Å²) in [5.41, 5.74) is 1.32. The minimum Gasteiger partial charge on any atom is -0.385 e. The van der Waals surface area contributed by atoms with Crippen LogP contribution in [0.3, 0.4) is 0 Å². The highest BCUT2D eigenvalue weighted by Crippen LogP contribution is 2.30. The SMILES string of the molecule is CC(O)(Cc1cccc(F)c1)c1cccc2ncccc12. The summed E-state index contributed by atoms with van der Waals surface area (Å²) >= 11 is 0. The van der Waals surface area contributed by atoms with Gasteiger partial charge in [-0.2, -0.15) is 0 Å². The molecular formula is C18H16FNO. The lowest BCUT2D eigenvalue weighted by atomic mass is 9.87. The van der Waals surface area contributed by atoms with Gasteiger partial charge in [0.25, 0.3) is 0 Å². The fourth-order valence-corrected chi connectivity index (χ4v) is 2.71. The first-order valence-electron chi connectivity index (χ1n) is 6.87. The second-order valence-corrected chi connectivity index (χ2v) is 5.46. The fourth-order valence-electron chi connectivity index (χ4n) is 2.71. The standard InChI is InChI=1S/C18H16FNO/c1-18(21,12-13-5-2-6-14(19)11-13)16-8-3-9-17-15(16)7-4-10-20-17/h2-11,21H,12H2,1H3. The van der Waals surface area contributed by atoms with Gasteiger partial charge in [-0.15, -0.1) is 0 Å². The van der Waals surface area contributed by atoms with E-state index in [4.69, 9.17) is 0 Å². The molecule has 2 nitrogen and oxygen atoms in total. The van der Waals surface area contributed by atoms with Crippen molar-refractivity contribution in [2.75, 3.05) is 0 Å². The van der Waals surface area contributed by atoms with Crippen LogP contribution in [0.4, 0.5) is 4.39 Å². The van der Waals surface area contributed by atoms with Crippen molar-refractivity contribution >= 4 is 10.9 Å². The zero-order valence-electron chi connectivity index (χ0n) is 11.8. The first-order valence-corrected chi connectivity index (χ1v) is 6.87. The average molecular weight is 281 g/mol. The van der Waals surface area contributed by atoms with Crippen LogP contribution < -0.4 is 0 Å². The molecule has 1 N–H and O–H groups in total. The number of fused-ring (bicyclic) bond motifs is 1. The monoisotopic (exact) mass is 281 g/mol. The van der Waals surface area contributed by atoms with E-state index in [9.17, 15) is 9.50 Å². The zero-order chi connectivity index (χ0) is 14.9. The Morgan fingerprint density at radius 2 is 1.90 bits per heavy atom. The van der Waals surface area contributed by atoms with Crippen molar-refractivity contribution in [3.63, 3.8) is 0 Å². The van der Waals surface area contributed by atoms with Crippen molar-refractivity contribution in [3.8, 4) is 0 Å². The van der Waals surface area contributed by atoms with E-state index in [0.29, 0.717) is 6.42 Å². The molecule has 0 fully saturated rings. The first kappa shape index (κ1) is 13.7. The van der Waals surface area contributed by atoms with Gasteiger partial charge in [-0.1, -0.05) is 30.3 Å². The molecule has 0 spiro atoms. The van der Waals surface area contributed by atoms with Crippen LogP contribution in [-0.2, 0) is 12.0 Å². The lowest BCUT2D eigenvalue weighted by Crippen LogP contribution is -2.24. The van der Waals surface area contributed by atoms with Crippen LogP contribution in [0.15, 0.2) is 60.8 Å². The van der Waals surface area contributed by atoms with Gasteiger partial charge in [0.15, 0.2) is 0 Å². The van der Waals surface area contributed by atoms with Gasteiger partial charge in [-0.05, 0) is 42.3 Å². The van der Waals surface area contributed by atoms with Crippen molar-refractivity contribution < 1.29 is 9.50 Å². The molecule has 1 aromatic heterocycles. The molecule has 0 aliphatic heterocycles. The van der Waals surface area contributed by atoms with Crippen LogP contribution in [0.2, 0.25) is 0 Å². The lowest BCUT2D eigenvalue weighted by Gasteiger charge is -2.25. The molecule has 3 heteroatoms. The van der Waals surface area contributed by atoms with Crippen LogP contribution in [0, 0.1) is 5.82 Å². The predicted octanol–water partition coefficient (Wildman–Crippen LogP) is 3.82. The normalized spacial score (nSPS) is 14.0. The van der Waals surface area contributed by atoms with Gasteiger partial charge >= 0.3 is 0 Å². The zero-order valence-corrected chi connectivity index (χ0v) is 11.8. The minimum absolute atomic E-state index is 0.289. The minimum atomic E-state index is -1.09. The molecule has 106 valence electrons. The second kappa shape index (κ2) is 5.26. The Morgan fingerprint density at radius 1 is 1.10 bits per heavy atom. The summed E-state index contributed by atoms with van der Waals surface area (Å²) in [6, 6.07) is 15.8. The number of benzene rings is 2. The third-order valence-corrected chi connectivity index (χ3v) is 3.66. The molecule has 3 rings (SSSR count). The molecule has 0 aliphatic carbocycles. The number of hydrogen-bond donors (Lipinski definition) is 1. The van der Waals surface area contributed by atoms with E-state index in [0.717, 1.165) is 22.0 Å². The number of aliphatic hydroxyl groups is 1. The van der Waals surface area contributed by atoms with Crippen molar-refractivity contribution in [1.82, 2.24) is 4.98 Å². The molecule has 0 radical (unpaired) electrons. The molecule has 1 heterocycles. The molecule has 1 unspecified atom stereocenters. The van der Waals surface area contributed by atoms with Crippen molar-refractivity contribution in [1.29, 1.82) is 0 Å². The summed E-state index contributed by atoms with van der Waals surface area (Å²) in [6.07, 6.45) is 2.08. The van der Waals surface area contributed by atoms with Gasteiger partial charge in [0.2, 0.25) is 0 Å². The number of rotatable bonds is 3. The molecule has 3 aromatic rings. The molecule has 0 saturated heterocycles. The molecule has 1 atom stereocenters. The summed E-state index contributed by atoms with van der Waals surface area (Å²) in [4.78, 5) is 4.31. The number of pyridine rings is 1. The molecule has 2 aromatic carbocycles. The largest absolute Gasteiger partial charge is 0.385 e. The topological polar surface area (TPSA) is 33.1 Å². The highest BCUT2D eigenvalue weighted by atomic mass is 19.1. The maximum absolute atomic E-state index is 13.3. The van der Waals surface area contributed by atoms with E-state index in [2.05, 4.69) is 4.98 Å². The van der Waals surface area contributed by atoms with Crippen LogP contribution in [0.1, 0.15) is 18.1 Å². The van der Waals surface area contributed by atoms with Crippen molar-refractivity contribution in [2.45, 2.75) is 18.9 Å². The quantitative estimate of drug-likeness (QED) is 0.791. The lowest BCUT2D eigenvalue weighted by molar-refractivity contribution is 0.0591. The highest BCUT2D eigenvalue weighted by Gasteiger charge is 2.25. The van der Waals surface area contributed by atoms with Crippen LogP contribution in [0.5, 0.6) is 0 Å². The Kier molecular flexibility index (Phi) is 3.43. The summed E-state index contributed by atoms with van der Waals surface area (Å²) in [6.45, 7) is 1.75. The first-order chi connectivity index (χ1) is 10.1. The maximum atomic E-state index is 13.3. The predicted molar refractivity (Wildman–Crippen MR) is 81.4 cm³/mol. The fraction of sp³-hybridized carbons (Fsp3) is 0.167. The summed E-state index contributed by atoms with van der Waals surface area (Å²) < 4.78 is 13.3. The Balaban J connectivity index is 2.04. The van der Waals surface area contributed by atoms with E-state index in [-0.39, 0.29) is 5.82 Å². The molecule has 21 heavy (non-hydrogen) atoms. The van der Waals surface area contributed by atoms with Gasteiger partial charge in [0.1, 0.15) is 5.82 Å². The van der Waals surface area contributed by atoms with E-state index in [1.807, 2.05) is 36.4 Å². The Labute approximate surface area is 122 Å². The van der Waals surface area contributed by atoms with E-state index in [1.165, 1.54) is 12.1 Å². The number of halogens is 1. The summed E-state index contributed by atoms with van der Waals surface area (Å²) in [5.74, 6) is -0.289. The third kappa shape index (κ3) is 2.78. The van der Waals surface area contributed by atoms with Gasteiger partial charge < -0.3 is 5.11 Å². The molecule has 0 amide bonds. The Morgan fingerprint density at radius 3 is 2.71 bits per heavy atom. The average Bonchev–Trinajstić information content (AvgIpc) is 2.46. The summed E-state index contributed by atoms with van der Waals surface area (Å²) in [5, 5.41) is 11.8. The van der Waals surface area contributed by atoms with Crippen LogP contribution >= 0.6 is 0 Å². The number of aromatic nitrogens is 1. The third-order valence-electron chi connectivity index (χ3n) is 3.66. The van der Waals surface area contributed by atoms with Gasteiger partial charge in [0.05, 0.1) is 11.1 Å². The highest BCUT2D eigenvalue weighted by molar-refractivity contribution is 5.82. The number of nitrogens with zero attached hydrogens (tertiary/aromatic N) is 1.